The summed E-state index contributed by atoms with van der Waals surface area (Å²) in [6.45, 7) is 8.61. The maximum absolute atomic E-state index is 14.3. The van der Waals surface area contributed by atoms with Gasteiger partial charge in [0.15, 0.2) is 0 Å². The molecule has 3 aromatic carbocycles. The number of carbonyl (C=O) groups is 5. The second-order valence-electron chi connectivity index (χ2n) is 17.0. The topological polar surface area (TPSA) is 201 Å². The van der Waals surface area contributed by atoms with Gasteiger partial charge in [-0.1, -0.05) is 60.7 Å². The van der Waals surface area contributed by atoms with Crippen LogP contribution in [0.5, 0.6) is 0 Å². The van der Waals surface area contributed by atoms with Crippen LogP contribution in [0.1, 0.15) is 90.7 Å². The highest BCUT2D eigenvalue weighted by molar-refractivity contribution is 7.89. The number of benzene rings is 3. The van der Waals surface area contributed by atoms with Gasteiger partial charge in [0.2, 0.25) is 21.8 Å². The minimum Gasteiger partial charge on any atom is -0.465 e. The first kappa shape index (κ1) is 46.8. The van der Waals surface area contributed by atoms with Crippen molar-refractivity contribution in [2.75, 3.05) is 39.3 Å². The van der Waals surface area contributed by atoms with Crippen LogP contribution in [0.2, 0.25) is 0 Å². The van der Waals surface area contributed by atoms with Gasteiger partial charge in [0, 0.05) is 38.6 Å². The molecular formula is C45H61N5O10S. The molecule has 2 heterocycles. The number of hydrogen-bond acceptors (Lipinski definition) is 9. The number of rotatable bonds is 17. The highest BCUT2D eigenvalue weighted by Crippen LogP contribution is 2.30. The summed E-state index contributed by atoms with van der Waals surface area (Å²) in [6, 6.07) is 17.9. The summed E-state index contributed by atoms with van der Waals surface area (Å²) in [5.41, 5.74) is -0.0988. The molecule has 332 valence electrons. The van der Waals surface area contributed by atoms with Gasteiger partial charge in [-0.15, -0.1) is 0 Å². The molecule has 0 radical (unpaired) electrons. The molecule has 3 aromatic rings. The molecule has 3 atom stereocenters. The number of ether oxygens (including phenoxy) is 2. The Balaban J connectivity index is 1.28. The third-order valence-corrected chi connectivity index (χ3v) is 12.9. The second kappa shape index (κ2) is 21.5. The summed E-state index contributed by atoms with van der Waals surface area (Å²) in [7, 11) is -4.25. The van der Waals surface area contributed by atoms with Crippen LogP contribution >= 0.6 is 0 Å². The van der Waals surface area contributed by atoms with E-state index in [4.69, 9.17) is 9.47 Å². The number of likely N-dealkylation sites (tertiary alicyclic amines) is 2. The molecule has 2 aliphatic rings. The van der Waals surface area contributed by atoms with E-state index in [0.29, 0.717) is 69.2 Å². The third-order valence-electron chi connectivity index (χ3n) is 11.4. The van der Waals surface area contributed by atoms with Crippen LogP contribution in [-0.4, -0.2) is 104 Å². The van der Waals surface area contributed by atoms with Gasteiger partial charge in [-0.05, 0) is 119 Å². The molecule has 3 unspecified atom stereocenters. The van der Waals surface area contributed by atoms with Gasteiger partial charge in [0.25, 0.3) is 0 Å². The first-order valence-corrected chi connectivity index (χ1v) is 22.8. The van der Waals surface area contributed by atoms with Crippen molar-refractivity contribution in [3.8, 4) is 0 Å². The van der Waals surface area contributed by atoms with E-state index in [2.05, 4.69) is 15.4 Å². The summed E-state index contributed by atoms with van der Waals surface area (Å²) in [5.74, 6) is -1.79. The van der Waals surface area contributed by atoms with Gasteiger partial charge < -0.3 is 35.0 Å². The molecule has 5 rings (SSSR count). The Kier molecular flexibility index (Phi) is 16.5. The lowest BCUT2D eigenvalue weighted by Gasteiger charge is -2.34. The number of amides is 4. The van der Waals surface area contributed by atoms with Gasteiger partial charge in [0.1, 0.15) is 17.7 Å². The summed E-state index contributed by atoms with van der Waals surface area (Å²) in [5, 5.41) is 16.7. The average molecular weight is 864 g/mol. The molecular weight excluding hydrogens is 803 g/mol. The molecule has 0 bridgehead atoms. The van der Waals surface area contributed by atoms with Crippen molar-refractivity contribution in [1.29, 1.82) is 0 Å². The van der Waals surface area contributed by atoms with E-state index in [-0.39, 0.29) is 35.3 Å². The maximum Gasteiger partial charge on any atom is 0.410 e. The SMILES string of the molecule is CCOC(=O)C(CNC(=O)C(NC(=O)C(CCC1CCN(C(=O)O)CC1)CCC1CCN(C(=O)OC(C)(C)C)CC1)c1ccccc1)NS(=O)(=O)c1ccc2ccccc2c1. The van der Waals surface area contributed by atoms with Crippen LogP contribution in [0.4, 0.5) is 9.59 Å². The van der Waals surface area contributed by atoms with Crippen molar-refractivity contribution >= 4 is 50.8 Å². The number of fused-ring (bicyclic) bond motifs is 1. The lowest BCUT2D eigenvalue weighted by atomic mass is 9.83. The third kappa shape index (κ3) is 13.9. The van der Waals surface area contributed by atoms with Crippen molar-refractivity contribution in [3.63, 3.8) is 0 Å². The van der Waals surface area contributed by atoms with Crippen molar-refractivity contribution in [2.24, 2.45) is 17.8 Å². The van der Waals surface area contributed by atoms with Crippen molar-refractivity contribution in [2.45, 2.75) is 102 Å². The van der Waals surface area contributed by atoms with E-state index in [0.717, 1.165) is 24.6 Å². The Morgan fingerprint density at radius 3 is 1.93 bits per heavy atom. The summed E-state index contributed by atoms with van der Waals surface area (Å²) < 4.78 is 40.3. The quantitative estimate of drug-likeness (QED) is 0.113. The maximum atomic E-state index is 14.3. The molecule has 0 spiro atoms. The number of sulfonamides is 1. The normalized spacial score (nSPS) is 16.9. The van der Waals surface area contributed by atoms with Gasteiger partial charge >= 0.3 is 18.2 Å². The number of esters is 1. The van der Waals surface area contributed by atoms with E-state index in [1.807, 2.05) is 32.9 Å². The van der Waals surface area contributed by atoms with Crippen LogP contribution in [0, 0.1) is 17.8 Å². The Hall–Kier alpha value is -5.22. The van der Waals surface area contributed by atoms with E-state index in [1.54, 1.807) is 60.4 Å². The number of carbonyl (C=O) groups excluding carboxylic acids is 4. The van der Waals surface area contributed by atoms with Gasteiger partial charge in [-0.25, -0.2) is 18.0 Å². The van der Waals surface area contributed by atoms with Crippen molar-refractivity contribution in [3.05, 3.63) is 78.4 Å². The molecule has 2 aliphatic heterocycles. The Labute approximate surface area is 359 Å². The van der Waals surface area contributed by atoms with Crippen molar-refractivity contribution in [1.82, 2.24) is 25.2 Å². The summed E-state index contributed by atoms with van der Waals surface area (Å²) in [4.78, 5) is 68.8. The minimum absolute atomic E-state index is 0.0212. The van der Waals surface area contributed by atoms with Gasteiger partial charge in [-0.2, -0.15) is 4.72 Å². The monoisotopic (exact) mass is 863 g/mol. The number of piperidine rings is 2. The van der Waals surface area contributed by atoms with E-state index in [1.165, 1.54) is 17.0 Å². The van der Waals surface area contributed by atoms with Crippen LogP contribution < -0.4 is 15.4 Å². The molecule has 2 saturated heterocycles. The zero-order valence-electron chi connectivity index (χ0n) is 35.6. The highest BCUT2D eigenvalue weighted by atomic mass is 32.2. The average Bonchev–Trinajstić information content (AvgIpc) is 3.24. The number of hydrogen-bond donors (Lipinski definition) is 4. The summed E-state index contributed by atoms with van der Waals surface area (Å²) in [6.07, 6.45) is 4.18. The molecule has 4 N–H and O–H groups in total. The predicted molar refractivity (Wildman–Crippen MR) is 230 cm³/mol. The molecule has 61 heavy (non-hydrogen) atoms. The first-order chi connectivity index (χ1) is 29.0. The molecule has 0 saturated carbocycles. The lowest BCUT2D eigenvalue weighted by Crippen LogP contribution is -2.51. The number of nitrogens with zero attached hydrogens (tertiary/aromatic N) is 2. The van der Waals surface area contributed by atoms with Crippen LogP contribution in [0.25, 0.3) is 10.8 Å². The number of nitrogens with one attached hydrogen (secondary N) is 3. The smallest absolute Gasteiger partial charge is 0.410 e. The molecule has 16 heteroatoms. The Bertz CT molecular complexity index is 2080. The standard InChI is InChI=1S/C45H61N5O10S/c1-5-59-42(53)38(48-61(57,58)37-20-19-33-11-9-10-14-36(33)29-37)30-46-41(52)39(34-12-7-6-8-13-34)47-40(51)35(17-15-31-21-25-49(26-22-31)43(54)55)18-16-32-23-27-50(28-24-32)44(56)60-45(2,3)4/h6-14,19-20,29,31-32,35,38-39,48H,5,15-18,21-28,30H2,1-4H3,(H,46,52)(H,47,51)(H,54,55). The van der Waals surface area contributed by atoms with E-state index < -0.39 is 58.1 Å². The van der Waals surface area contributed by atoms with Crippen molar-refractivity contribution < 1.29 is 47.0 Å². The zero-order valence-corrected chi connectivity index (χ0v) is 36.5. The molecule has 15 nitrogen and oxygen atoms in total. The lowest BCUT2D eigenvalue weighted by molar-refractivity contribution is -0.145. The van der Waals surface area contributed by atoms with Crippen LogP contribution in [-0.2, 0) is 33.9 Å². The fourth-order valence-corrected chi connectivity index (χ4v) is 9.16. The molecule has 0 aromatic heterocycles. The Morgan fingerprint density at radius 2 is 1.36 bits per heavy atom. The predicted octanol–water partition coefficient (Wildman–Crippen LogP) is 6.24. The minimum atomic E-state index is -4.25. The molecule has 4 amide bonds. The first-order valence-electron chi connectivity index (χ1n) is 21.3. The Morgan fingerprint density at radius 1 is 0.787 bits per heavy atom. The largest absolute Gasteiger partial charge is 0.465 e. The summed E-state index contributed by atoms with van der Waals surface area (Å²) >= 11 is 0. The fraction of sp³-hybridized carbons (Fsp3) is 0.533. The van der Waals surface area contributed by atoms with Gasteiger partial charge in [-0.3, -0.25) is 14.4 Å². The van der Waals surface area contributed by atoms with Crippen LogP contribution in [0.3, 0.4) is 0 Å². The second-order valence-corrected chi connectivity index (χ2v) is 18.7. The van der Waals surface area contributed by atoms with Crippen LogP contribution in [0.15, 0.2) is 77.7 Å². The molecule has 2 fully saturated rings. The van der Waals surface area contributed by atoms with E-state index >= 15 is 0 Å². The highest BCUT2D eigenvalue weighted by Gasteiger charge is 2.33. The zero-order chi connectivity index (χ0) is 44.2. The fourth-order valence-electron chi connectivity index (χ4n) is 7.94. The molecule has 0 aliphatic carbocycles. The van der Waals surface area contributed by atoms with E-state index in [9.17, 15) is 37.5 Å². The van der Waals surface area contributed by atoms with Gasteiger partial charge in [0.05, 0.1) is 11.5 Å². The number of carboxylic acid groups (broad SMARTS) is 1.